The number of hydrogen-bond acceptors (Lipinski definition) is 3. The van der Waals surface area contributed by atoms with Crippen molar-refractivity contribution in [3.05, 3.63) is 53.1 Å². The lowest BCUT2D eigenvalue weighted by molar-refractivity contribution is 0.273. The van der Waals surface area contributed by atoms with Crippen molar-refractivity contribution in [2.45, 2.75) is 26.3 Å². The van der Waals surface area contributed by atoms with Gasteiger partial charge in [-0.15, -0.1) is 0 Å². The summed E-state index contributed by atoms with van der Waals surface area (Å²) in [6.07, 6.45) is 2.19. The minimum absolute atomic E-state index is 0.609. The fourth-order valence-electron chi connectivity index (χ4n) is 3.15. The number of para-hydroxylation sites is 1. The number of anilines is 1. The summed E-state index contributed by atoms with van der Waals surface area (Å²) in [7, 11) is 0. The van der Waals surface area contributed by atoms with Gasteiger partial charge in [-0.05, 0) is 49.1 Å². The SMILES string of the molecule is Cc1ccccc1N1COc2cc3c(cc2C1)OCCC3. The second kappa shape index (κ2) is 4.99. The van der Waals surface area contributed by atoms with Gasteiger partial charge < -0.3 is 14.4 Å². The van der Waals surface area contributed by atoms with Crippen molar-refractivity contribution in [2.75, 3.05) is 18.2 Å². The lowest BCUT2D eigenvalue weighted by Gasteiger charge is -2.33. The van der Waals surface area contributed by atoms with Gasteiger partial charge in [0.15, 0.2) is 6.73 Å². The van der Waals surface area contributed by atoms with E-state index in [0.717, 1.165) is 37.5 Å². The smallest absolute Gasteiger partial charge is 0.161 e. The van der Waals surface area contributed by atoms with Crippen molar-refractivity contribution < 1.29 is 9.47 Å². The van der Waals surface area contributed by atoms with E-state index in [9.17, 15) is 0 Å². The van der Waals surface area contributed by atoms with E-state index in [1.165, 1.54) is 22.4 Å². The Morgan fingerprint density at radius 3 is 2.71 bits per heavy atom. The lowest BCUT2D eigenvalue weighted by atomic mass is 10.0. The van der Waals surface area contributed by atoms with Crippen LogP contribution < -0.4 is 14.4 Å². The second-order valence-corrected chi connectivity index (χ2v) is 5.78. The highest BCUT2D eigenvalue weighted by atomic mass is 16.5. The van der Waals surface area contributed by atoms with Crippen molar-refractivity contribution in [1.82, 2.24) is 0 Å². The van der Waals surface area contributed by atoms with Crippen LogP contribution in [-0.4, -0.2) is 13.3 Å². The van der Waals surface area contributed by atoms with Crippen molar-refractivity contribution in [2.24, 2.45) is 0 Å². The fourth-order valence-corrected chi connectivity index (χ4v) is 3.15. The Labute approximate surface area is 125 Å². The number of nitrogens with zero attached hydrogens (tertiary/aromatic N) is 1. The molecule has 0 bridgehead atoms. The molecule has 2 heterocycles. The van der Waals surface area contributed by atoms with Crippen LogP contribution in [0.4, 0.5) is 5.69 Å². The van der Waals surface area contributed by atoms with Gasteiger partial charge in [0.2, 0.25) is 0 Å². The van der Waals surface area contributed by atoms with Gasteiger partial charge in [-0.1, -0.05) is 18.2 Å². The summed E-state index contributed by atoms with van der Waals surface area (Å²) in [4.78, 5) is 2.27. The summed E-state index contributed by atoms with van der Waals surface area (Å²) in [6, 6.07) is 12.8. The molecule has 3 heteroatoms. The van der Waals surface area contributed by atoms with E-state index in [1.807, 2.05) is 0 Å². The first-order chi connectivity index (χ1) is 10.3. The summed E-state index contributed by atoms with van der Waals surface area (Å²) >= 11 is 0. The molecule has 2 aromatic rings. The first-order valence-electron chi connectivity index (χ1n) is 7.53. The van der Waals surface area contributed by atoms with E-state index in [2.05, 4.69) is 48.2 Å². The molecule has 0 spiro atoms. The van der Waals surface area contributed by atoms with Gasteiger partial charge in [-0.2, -0.15) is 0 Å². The molecular formula is C18H19NO2. The van der Waals surface area contributed by atoms with Crippen LogP contribution in [0.5, 0.6) is 11.5 Å². The van der Waals surface area contributed by atoms with Crippen LogP contribution >= 0.6 is 0 Å². The topological polar surface area (TPSA) is 21.7 Å². The molecule has 21 heavy (non-hydrogen) atoms. The minimum atomic E-state index is 0.609. The van der Waals surface area contributed by atoms with Crippen LogP contribution in [0.3, 0.4) is 0 Å². The van der Waals surface area contributed by atoms with Crippen LogP contribution in [0, 0.1) is 6.92 Å². The monoisotopic (exact) mass is 281 g/mol. The van der Waals surface area contributed by atoms with E-state index < -0.39 is 0 Å². The molecule has 0 radical (unpaired) electrons. The first-order valence-corrected chi connectivity index (χ1v) is 7.53. The zero-order valence-corrected chi connectivity index (χ0v) is 12.3. The molecule has 2 aromatic carbocycles. The highest BCUT2D eigenvalue weighted by Gasteiger charge is 2.22. The Balaban J connectivity index is 1.67. The molecule has 0 N–H and O–H groups in total. The normalized spacial score (nSPS) is 16.5. The van der Waals surface area contributed by atoms with Crippen LogP contribution in [-0.2, 0) is 13.0 Å². The number of hydrogen-bond donors (Lipinski definition) is 0. The third-order valence-electron chi connectivity index (χ3n) is 4.28. The van der Waals surface area contributed by atoms with Gasteiger partial charge in [0.05, 0.1) is 6.61 Å². The largest absolute Gasteiger partial charge is 0.493 e. The molecule has 3 nitrogen and oxygen atoms in total. The quantitative estimate of drug-likeness (QED) is 0.796. The summed E-state index contributed by atoms with van der Waals surface area (Å²) in [6.45, 7) is 4.45. The molecule has 0 saturated carbocycles. The molecule has 0 unspecified atom stereocenters. The van der Waals surface area contributed by atoms with Crippen LogP contribution in [0.1, 0.15) is 23.1 Å². The third-order valence-corrected chi connectivity index (χ3v) is 4.28. The van der Waals surface area contributed by atoms with Gasteiger partial charge in [0.25, 0.3) is 0 Å². The molecule has 2 aliphatic rings. The molecular weight excluding hydrogens is 262 g/mol. The number of benzene rings is 2. The highest BCUT2D eigenvalue weighted by Crippen LogP contribution is 2.36. The Bertz CT molecular complexity index is 681. The van der Waals surface area contributed by atoms with Crippen molar-refractivity contribution >= 4 is 5.69 Å². The average molecular weight is 281 g/mol. The second-order valence-electron chi connectivity index (χ2n) is 5.78. The molecule has 0 atom stereocenters. The lowest BCUT2D eigenvalue weighted by Crippen LogP contribution is -2.32. The average Bonchev–Trinajstić information content (AvgIpc) is 2.53. The maximum atomic E-state index is 5.98. The minimum Gasteiger partial charge on any atom is -0.493 e. The van der Waals surface area contributed by atoms with E-state index >= 15 is 0 Å². The van der Waals surface area contributed by atoms with Crippen LogP contribution in [0.25, 0.3) is 0 Å². The Kier molecular flexibility index (Phi) is 2.99. The van der Waals surface area contributed by atoms with E-state index in [4.69, 9.17) is 9.47 Å². The molecule has 108 valence electrons. The van der Waals surface area contributed by atoms with Gasteiger partial charge >= 0.3 is 0 Å². The number of aryl methyl sites for hydroxylation is 2. The van der Waals surface area contributed by atoms with Crippen molar-refractivity contribution in [1.29, 1.82) is 0 Å². The molecule has 2 aliphatic heterocycles. The zero-order chi connectivity index (χ0) is 14.2. The van der Waals surface area contributed by atoms with Crippen LogP contribution in [0.2, 0.25) is 0 Å². The predicted molar refractivity (Wildman–Crippen MR) is 83.1 cm³/mol. The maximum Gasteiger partial charge on any atom is 0.161 e. The molecule has 0 saturated heterocycles. The van der Waals surface area contributed by atoms with Crippen molar-refractivity contribution in [3.63, 3.8) is 0 Å². The molecule has 4 rings (SSSR count). The molecule has 0 amide bonds. The van der Waals surface area contributed by atoms with E-state index in [0.29, 0.717) is 6.73 Å². The molecule has 0 aliphatic carbocycles. The zero-order valence-electron chi connectivity index (χ0n) is 12.3. The number of ether oxygens (including phenoxy) is 2. The summed E-state index contributed by atoms with van der Waals surface area (Å²) < 4.78 is 11.8. The Hall–Kier alpha value is -2.16. The number of fused-ring (bicyclic) bond motifs is 2. The Morgan fingerprint density at radius 2 is 1.81 bits per heavy atom. The van der Waals surface area contributed by atoms with Crippen LogP contribution in [0.15, 0.2) is 36.4 Å². The molecule has 0 aromatic heterocycles. The van der Waals surface area contributed by atoms with Gasteiger partial charge in [0.1, 0.15) is 11.5 Å². The number of rotatable bonds is 1. The predicted octanol–water partition coefficient (Wildman–Crippen LogP) is 3.68. The Morgan fingerprint density at radius 1 is 1.00 bits per heavy atom. The summed E-state index contributed by atoms with van der Waals surface area (Å²) in [5.41, 5.74) is 5.01. The highest BCUT2D eigenvalue weighted by molar-refractivity contribution is 5.56. The maximum absolute atomic E-state index is 5.98. The standard InChI is InChI=1S/C18H19NO2/c1-13-5-2-3-7-16(13)19-11-15-10-17-14(6-4-8-20-17)9-18(15)21-12-19/h2-3,5,7,9-10H,4,6,8,11-12H2,1H3. The summed E-state index contributed by atoms with van der Waals surface area (Å²) in [5.74, 6) is 2.05. The summed E-state index contributed by atoms with van der Waals surface area (Å²) in [5, 5.41) is 0. The van der Waals surface area contributed by atoms with Crippen molar-refractivity contribution in [3.8, 4) is 11.5 Å². The first kappa shape index (κ1) is 12.6. The third kappa shape index (κ3) is 2.23. The molecule has 0 fully saturated rings. The van der Waals surface area contributed by atoms with Gasteiger partial charge in [-0.3, -0.25) is 0 Å². The van der Waals surface area contributed by atoms with E-state index in [-0.39, 0.29) is 0 Å². The van der Waals surface area contributed by atoms with Gasteiger partial charge in [0, 0.05) is 17.8 Å². The fraction of sp³-hybridized carbons (Fsp3) is 0.333. The van der Waals surface area contributed by atoms with E-state index in [1.54, 1.807) is 0 Å². The van der Waals surface area contributed by atoms with Gasteiger partial charge in [-0.25, -0.2) is 0 Å².